The van der Waals surface area contributed by atoms with E-state index in [0.29, 0.717) is 13.0 Å². The van der Waals surface area contributed by atoms with Gasteiger partial charge in [0.2, 0.25) is 5.78 Å². The molecule has 0 aliphatic heterocycles. The topological polar surface area (TPSA) is 49.3 Å². The number of terminal acetylenes is 1. The maximum Gasteiger partial charge on any atom is 0.205 e. The molecule has 2 N–H and O–H groups in total. The van der Waals surface area contributed by atoms with Crippen LogP contribution in [0.3, 0.4) is 0 Å². The minimum atomic E-state index is -0.1000. The number of Topliss-reactive ketones (excluding diaryl/α,β-unsaturated/α-hetero) is 1. The van der Waals surface area contributed by atoms with Gasteiger partial charge in [0.1, 0.15) is 0 Å². The van der Waals surface area contributed by atoms with Gasteiger partial charge in [0.25, 0.3) is 0 Å². The van der Waals surface area contributed by atoms with Gasteiger partial charge in [-0.2, -0.15) is 0 Å². The molecule has 0 aromatic carbocycles. The molecule has 0 unspecified atom stereocenters. The molecule has 0 rings (SSSR count). The van der Waals surface area contributed by atoms with E-state index < -0.39 is 0 Å². The smallest absolute Gasteiger partial charge is 0.205 e. The highest BCUT2D eigenvalue weighted by Crippen LogP contribution is 2.04. The first kappa shape index (κ1) is 12.2. The molecule has 3 nitrogen and oxygen atoms in total. The van der Waals surface area contributed by atoms with Crippen LogP contribution in [0.15, 0.2) is 0 Å². The van der Waals surface area contributed by atoms with Gasteiger partial charge in [0.05, 0.1) is 0 Å². The molecule has 0 radical (unpaired) electrons. The summed E-state index contributed by atoms with van der Waals surface area (Å²) in [5, 5.41) is 8.26. The Morgan fingerprint density at radius 3 is 2.46 bits per heavy atom. The fourth-order valence-corrected chi connectivity index (χ4v) is 1.09. The van der Waals surface area contributed by atoms with Crippen molar-refractivity contribution in [2.75, 3.05) is 6.54 Å². The number of ketones is 1. The molecule has 0 fully saturated rings. The lowest BCUT2D eigenvalue weighted by molar-refractivity contribution is -0.113. The Kier molecular flexibility index (Phi) is 8.64. The van der Waals surface area contributed by atoms with Crippen molar-refractivity contribution in [2.45, 2.75) is 38.5 Å². The molecule has 0 aliphatic carbocycles. The van der Waals surface area contributed by atoms with Gasteiger partial charge in [0, 0.05) is 13.0 Å². The predicted octanol–water partition coefficient (Wildman–Crippen LogP) is 1.51. The van der Waals surface area contributed by atoms with E-state index in [2.05, 4.69) is 11.4 Å². The van der Waals surface area contributed by atoms with Crippen LogP contribution < -0.4 is 5.48 Å². The lowest BCUT2D eigenvalue weighted by Crippen LogP contribution is -2.07. The van der Waals surface area contributed by atoms with Crippen LogP contribution in [0.25, 0.3) is 0 Å². The van der Waals surface area contributed by atoms with Gasteiger partial charge in [-0.05, 0) is 18.8 Å². The van der Waals surface area contributed by atoms with E-state index in [1.807, 2.05) is 0 Å². The van der Waals surface area contributed by atoms with Crippen molar-refractivity contribution in [2.24, 2.45) is 0 Å². The van der Waals surface area contributed by atoms with Gasteiger partial charge in [-0.1, -0.05) is 19.3 Å². The lowest BCUT2D eigenvalue weighted by Gasteiger charge is -1.98. The number of unbranched alkanes of at least 4 members (excludes halogenated alkanes) is 4. The third kappa shape index (κ3) is 9.06. The van der Waals surface area contributed by atoms with Gasteiger partial charge < -0.3 is 5.21 Å². The largest absolute Gasteiger partial charge is 0.317 e. The highest BCUT2D eigenvalue weighted by atomic mass is 16.5. The number of hydrogen-bond donors (Lipinski definition) is 2. The first-order chi connectivity index (χ1) is 6.31. The summed E-state index contributed by atoms with van der Waals surface area (Å²) in [6.45, 7) is 0.642. The summed E-state index contributed by atoms with van der Waals surface area (Å²) >= 11 is 0. The Bertz CT molecular complexity index is 172. The van der Waals surface area contributed by atoms with Gasteiger partial charge >= 0.3 is 0 Å². The summed E-state index contributed by atoms with van der Waals surface area (Å²) in [7, 11) is 0. The number of hydroxylamine groups is 1. The summed E-state index contributed by atoms with van der Waals surface area (Å²) in [6, 6.07) is 0. The van der Waals surface area contributed by atoms with Crippen LogP contribution in [-0.4, -0.2) is 17.5 Å². The number of nitrogens with one attached hydrogen (secondary N) is 1. The molecule has 0 aromatic rings. The Balaban J connectivity index is 3.00. The van der Waals surface area contributed by atoms with Crippen LogP contribution in [0.4, 0.5) is 0 Å². The van der Waals surface area contributed by atoms with Crippen molar-refractivity contribution >= 4 is 5.78 Å². The maximum absolute atomic E-state index is 10.7. The zero-order chi connectivity index (χ0) is 9.94. The maximum atomic E-state index is 10.7. The van der Waals surface area contributed by atoms with Crippen molar-refractivity contribution < 1.29 is 10.0 Å². The van der Waals surface area contributed by atoms with E-state index in [1.165, 1.54) is 0 Å². The standard InChI is InChI=1S/C10H17NO2/c1-2-10(12)8-6-4-3-5-7-9-11-13/h1,11,13H,3-9H2. The van der Waals surface area contributed by atoms with Crippen molar-refractivity contribution in [1.82, 2.24) is 5.48 Å². The van der Waals surface area contributed by atoms with Gasteiger partial charge in [-0.3, -0.25) is 4.79 Å². The summed E-state index contributed by atoms with van der Waals surface area (Å²) in [5.41, 5.74) is 2.11. The van der Waals surface area contributed by atoms with Gasteiger partial charge in [0.15, 0.2) is 0 Å². The van der Waals surface area contributed by atoms with Crippen molar-refractivity contribution in [3.8, 4) is 12.3 Å². The number of hydrogen-bond acceptors (Lipinski definition) is 3. The molecule has 0 saturated heterocycles. The third-order valence-corrected chi connectivity index (χ3v) is 1.85. The fraction of sp³-hybridized carbons (Fsp3) is 0.700. The van der Waals surface area contributed by atoms with E-state index >= 15 is 0 Å². The molecule has 0 saturated carbocycles. The highest BCUT2D eigenvalue weighted by molar-refractivity contribution is 5.94. The van der Waals surface area contributed by atoms with E-state index in [1.54, 1.807) is 0 Å². The number of carbonyl (C=O) groups excluding carboxylic acids is 1. The average Bonchev–Trinajstić information content (AvgIpc) is 2.16. The second-order valence-electron chi connectivity index (χ2n) is 2.99. The van der Waals surface area contributed by atoms with Crippen LogP contribution in [0.1, 0.15) is 38.5 Å². The summed E-state index contributed by atoms with van der Waals surface area (Å²) in [5.74, 6) is 1.99. The van der Waals surface area contributed by atoms with Gasteiger partial charge in [-0.15, -0.1) is 6.42 Å². The van der Waals surface area contributed by atoms with Crippen LogP contribution in [0.5, 0.6) is 0 Å². The monoisotopic (exact) mass is 183 g/mol. The van der Waals surface area contributed by atoms with Crippen molar-refractivity contribution in [3.63, 3.8) is 0 Å². The van der Waals surface area contributed by atoms with E-state index in [4.69, 9.17) is 11.6 Å². The molecule has 0 aliphatic rings. The molecule has 0 amide bonds. The molecule has 0 heterocycles. The normalized spacial score (nSPS) is 9.54. The Hall–Kier alpha value is -0.850. The quantitative estimate of drug-likeness (QED) is 0.259. The first-order valence-electron chi connectivity index (χ1n) is 4.67. The summed E-state index contributed by atoms with van der Waals surface area (Å²) < 4.78 is 0. The predicted molar refractivity (Wildman–Crippen MR) is 51.3 cm³/mol. The first-order valence-corrected chi connectivity index (χ1v) is 4.67. The van der Waals surface area contributed by atoms with E-state index in [9.17, 15) is 4.79 Å². The molecule has 0 atom stereocenters. The van der Waals surface area contributed by atoms with Crippen molar-refractivity contribution in [1.29, 1.82) is 0 Å². The minimum Gasteiger partial charge on any atom is -0.317 e. The molecule has 0 aromatic heterocycles. The van der Waals surface area contributed by atoms with Crippen LogP contribution in [-0.2, 0) is 4.79 Å². The minimum absolute atomic E-state index is 0.1000. The zero-order valence-electron chi connectivity index (χ0n) is 7.88. The molecular formula is C10H17NO2. The SMILES string of the molecule is C#CC(=O)CCCCCCCNO. The van der Waals surface area contributed by atoms with Crippen LogP contribution in [0, 0.1) is 12.3 Å². The fourth-order valence-electron chi connectivity index (χ4n) is 1.09. The van der Waals surface area contributed by atoms with E-state index in [0.717, 1.165) is 32.1 Å². The number of rotatable bonds is 8. The van der Waals surface area contributed by atoms with E-state index in [-0.39, 0.29) is 5.78 Å². The zero-order valence-corrected chi connectivity index (χ0v) is 7.88. The van der Waals surface area contributed by atoms with Crippen LogP contribution in [0.2, 0.25) is 0 Å². The molecule has 13 heavy (non-hydrogen) atoms. The second-order valence-corrected chi connectivity index (χ2v) is 2.99. The summed E-state index contributed by atoms with van der Waals surface area (Å²) in [4.78, 5) is 10.7. The lowest BCUT2D eigenvalue weighted by atomic mass is 10.1. The summed E-state index contributed by atoms with van der Waals surface area (Å²) in [6.07, 6.45) is 10.5. The second kappa shape index (κ2) is 9.24. The highest BCUT2D eigenvalue weighted by Gasteiger charge is 1.95. The Labute approximate surface area is 79.5 Å². The Morgan fingerprint density at radius 2 is 1.85 bits per heavy atom. The molecule has 3 heteroatoms. The van der Waals surface area contributed by atoms with Crippen molar-refractivity contribution in [3.05, 3.63) is 0 Å². The molecule has 0 bridgehead atoms. The third-order valence-electron chi connectivity index (χ3n) is 1.85. The number of carbonyl (C=O) groups is 1. The molecule has 74 valence electrons. The van der Waals surface area contributed by atoms with Gasteiger partial charge in [-0.25, -0.2) is 5.48 Å². The molecular weight excluding hydrogens is 166 g/mol. The molecule has 0 spiro atoms. The average molecular weight is 183 g/mol. The van der Waals surface area contributed by atoms with Crippen LogP contribution >= 0.6 is 0 Å². The Morgan fingerprint density at radius 1 is 1.23 bits per heavy atom.